The summed E-state index contributed by atoms with van der Waals surface area (Å²) in [6, 6.07) is 6.04. The molecule has 2 N–H and O–H groups in total. The third-order valence-corrected chi connectivity index (χ3v) is 3.08. The van der Waals surface area contributed by atoms with Gasteiger partial charge >= 0.3 is 11.9 Å². The van der Waals surface area contributed by atoms with Gasteiger partial charge in [-0.15, -0.1) is 0 Å². The molecule has 0 aliphatic rings. The highest BCUT2D eigenvalue weighted by Crippen LogP contribution is 2.24. The highest BCUT2D eigenvalue weighted by Gasteiger charge is 2.06. The van der Waals surface area contributed by atoms with E-state index in [2.05, 4.69) is 9.97 Å². The van der Waals surface area contributed by atoms with E-state index < -0.39 is 11.9 Å². The molecule has 7 heteroatoms. The summed E-state index contributed by atoms with van der Waals surface area (Å²) in [7, 11) is 0. The fourth-order valence-electron chi connectivity index (χ4n) is 1.24. The molecule has 2 aromatic rings. The first-order chi connectivity index (χ1) is 9.06. The van der Waals surface area contributed by atoms with Crippen molar-refractivity contribution in [2.24, 2.45) is 0 Å². The minimum atomic E-state index is -1.03. The molecule has 2 rings (SSSR count). The van der Waals surface area contributed by atoms with Crippen LogP contribution < -0.4 is 0 Å². The topological polar surface area (TPSA) is 100 Å². The Morgan fingerprint density at radius 1 is 0.842 bits per heavy atom. The number of aromatic nitrogens is 2. The maximum atomic E-state index is 10.7. The van der Waals surface area contributed by atoms with Crippen LogP contribution in [0.3, 0.4) is 0 Å². The lowest BCUT2D eigenvalue weighted by molar-refractivity contribution is 0.0685. The van der Waals surface area contributed by atoms with Crippen LogP contribution in [-0.4, -0.2) is 32.1 Å². The van der Waals surface area contributed by atoms with Crippen molar-refractivity contribution in [1.29, 1.82) is 0 Å². The average molecular weight is 276 g/mol. The number of pyridine rings is 2. The summed E-state index contributed by atoms with van der Waals surface area (Å²) in [6.45, 7) is 0. The Balaban J connectivity index is 2.12. The maximum absolute atomic E-state index is 10.7. The van der Waals surface area contributed by atoms with Crippen LogP contribution in [0.4, 0.5) is 0 Å². The smallest absolute Gasteiger partial charge is 0.337 e. The largest absolute Gasteiger partial charge is 0.478 e. The lowest BCUT2D eigenvalue weighted by Crippen LogP contribution is -1.97. The number of rotatable bonds is 4. The van der Waals surface area contributed by atoms with Crippen molar-refractivity contribution in [3.8, 4) is 0 Å². The predicted octanol–water partition coefficient (Wildman–Crippen LogP) is 2.02. The molecule has 96 valence electrons. The number of hydrogen-bond donors (Lipinski definition) is 2. The monoisotopic (exact) mass is 276 g/mol. The van der Waals surface area contributed by atoms with Crippen LogP contribution in [0.1, 0.15) is 20.7 Å². The molecule has 0 amide bonds. The van der Waals surface area contributed by atoms with Crippen LogP contribution >= 0.6 is 11.8 Å². The zero-order chi connectivity index (χ0) is 13.8. The Bertz CT molecular complexity index is 555. The minimum Gasteiger partial charge on any atom is -0.478 e. The van der Waals surface area contributed by atoms with Crippen molar-refractivity contribution in [3.05, 3.63) is 47.8 Å². The Kier molecular flexibility index (Phi) is 3.76. The molecule has 2 heterocycles. The van der Waals surface area contributed by atoms with Crippen LogP contribution in [0.2, 0.25) is 0 Å². The lowest BCUT2D eigenvalue weighted by atomic mass is 10.3. The summed E-state index contributed by atoms with van der Waals surface area (Å²) in [4.78, 5) is 29.3. The first-order valence-electron chi connectivity index (χ1n) is 5.13. The second-order valence-electron chi connectivity index (χ2n) is 3.48. The number of nitrogens with zero attached hydrogens (tertiary/aromatic N) is 2. The van der Waals surface area contributed by atoms with E-state index in [1.165, 1.54) is 36.3 Å². The normalized spacial score (nSPS) is 10.1. The van der Waals surface area contributed by atoms with Crippen LogP contribution in [0.25, 0.3) is 0 Å². The molecule has 0 aromatic carbocycles. The van der Waals surface area contributed by atoms with E-state index >= 15 is 0 Å². The van der Waals surface area contributed by atoms with Gasteiger partial charge in [0.05, 0.1) is 11.1 Å². The van der Waals surface area contributed by atoms with Gasteiger partial charge in [0.1, 0.15) is 10.1 Å². The molecule has 0 bridgehead atoms. The van der Waals surface area contributed by atoms with Crippen molar-refractivity contribution >= 4 is 23.7 Å². The summed E-state index contributed by atoms with van der Waals surface area (Å²) in [5.74, 6) is -2.07. The SMILES string of the molecule is O=C(O)c1ccc(Sc2ccc(C(=O)O)cn2)nc1. The van der Waals surface area contributed by atoms with E-state index in [1.54, 1.807) is 12.1 Å². The third-order valence-electron chi connectivity index (χ3n) is 2.18. The summed E-state index contributed by atoms with van der Waals surface area (Å²) in [5.41, 5.74) is 0.220. The predicted molar refractivity (Wildman–Crippen MR) is 66.5 cm³/mol. The molecule has 0 fully saturated rings. The summed E-state index contributed by atoms with van der Waals surface area (Å²) < 4.78 is 0. The van der Waals surface area contributed by atoms with E-state index in [1.807, 2.05) is 0 Å². The van der Waals surface area contributed by atoms with Crippen molar-refractivity contribution in [1.82, 2.24) is 9.97 Å². The molecule has 2 aromatic heterocycles. The first-order valence-corrected chi connectivity index (χ1v) is 5.94. The Labute approximate surface area is 112 Å². The van der Waals surface area contributed by atoms with Gasteiger partial charge in [0, 0.05) is 12.4 Å². The van der Waals surface area contributed by atoms with Crippen LogP contribution in [0.5, 0.6) is 0 Å². The van der Waals surface area contributed by atoms with Gasteiger partial charge in [-0.1, -0.05) is 11.8 Å². The van der Waals surface area contributed by atoms with Gasteiger partial charge in [0.2, 0.25) is 0 Å². The average Bonchev–Trinajstić information content (AvgIpc) is 2.40. The zero-order valence-electron chi connectivity index (χ0n) is 9.48. The number of carbonyl (C=O) groups is 2. The quantitative estimate of drug-likeness (QED) is 0.881. The molecule has 0 saturated carbocycles. The van der Waals surface area contributed by atoms with Gasteiger partial charge in [-0.25, -0.2) is 19.6 Å². The highest BCUT2D eigenvalue weighted by atomic mass is 32.2. The van der Waals surface area contributed by atoms with Crippen LogP contribution in [-0.2, 0) is 0 Å². The molecule has 19 heavy (non-hydrogen) atoms. The minimum absolute atomic E-state index is 0.110. The number of carboxylic acid groups (broad SMARTS) is 2. The molecule has 0 spiro atoms. The number of carboxylic acids is 2. The molecule has 0 unspecified atom stereocenters. The molecule has 0 saturated heterocycles. The van der Waals surface area contributed by atoms with Gasteiger partial charge < -0.3 is 10.2 Å². The van der Waals surface area contributed by atoms with Gasteiger partial charge in [0.25, 0.3) is 0 Å². The summed E-state index contributed by atoms with van der Waals surface area (Å²) in [5, 5.41) is 18.6. The number of aromatic carboxylic acids is 2. The van der Waals surface area contributed by atoms with E-state index in [4.69, 9.17) is 10.2 Å². The van der Waals surface area contributed by atoms with Crippen molar-refractivity contribution < 1.29 is 19.8 Å². The molecular weight excluding hydrogens is 268 g/mol. The molecule has 6 nitrogen and oxygen atoms in total. The van der Waals surface area contributed by atoms with E-state index in [0.717, 1.165) is 0 Å². The molecule has 0 aliphatic heterocycles. The van der Waals surface area contributed by atoms with Crippen molar-refractivity contribution in [3.63, 3.8) is 0 Å². The van der Waals surface area contributed by atoms with E-state index in [0.29, 0.717) is 10.1 Å². The lowest BCUT2D eigenvalue weighted by Gasteiger charge is -2.01. The highest BCUT2D eigenvalue weighted by molar-refractivity contribution is 7.99. The fraction of sp³-hybridized carbons (Fsp3) is 0. The maximum Gasteiger partial charge on any atom is 0.337 e. The number of hydrogen-bond acceptors (Lipinski definition) is 5. The van der Waals surface area contributed by atoms with Gasteiger partial charge in [-0.3, -0.25) is 0 Å². The Morgan fingerprint density at radius 3 is 1.53 bits per heavy atom. The Hall–Kier alpha value is -2.41. The van der Waals surface area contributed by atoms with Crippen LogP contribution in [0, 0.1) is 0 Å². The van der Waals surface area contributed by atoms with Gasteiger partial charge in [0.15, 0.2) is 0 Å². The van der Waals surface area contributed by atoms with Gasteiger partial charge in [-0.2, -0.15) is 0 Å². The first kappa shape index (κ1) is 13.0. The molecular formula is C12H8N2O4S. The molecule has 0 radical (unpaired) electrons. The van der Waals surface area contributed by atoms with E-state index in [-0.39, 0.29) is 11.1 Å². The standard InChI is InChI=1S/C12H8N2O4S/c15-11(16)7-1-3-9(13-5-7)19-10-4-2-8(6-14-10)12(17)18/h1-6H,(H,15,16)(H,17,18). The third kappa shape index (κ3) is 3.29. The van der Waals surface area contributed by atoms with Crippen molar-refractivity contribution in [2.75, 3.05) is 0 Å². The summed E-state index contributed by atoms with van der Waals surface area (Å²) in [6.07, 6.45) is 2.52. The molecule has 0 atom stereocenters. The fourth-order valence-corrected chi connectivity index (χ4v) is 1.94. The van der Waals surface area contributed by atoms with Crippen molar-refractivity contribution in [2.45, 2.75) is 10.1 Å². The zero-order valence-corrected chi connectivity index (χ0v) is 10.3. The molecule has 0 aliphatic carbocycles. The second-order valence-corrected chi connectivity index (χ2v) is 4.52. The second kappa shape index (κ2) is 5.49. The van der Waals surface area contributed by atoms with Gasteiger partial charge in [-0.05, 0) is 24.3 Å². The summed E-state index contributed by atoms with van der Waals surface area (Å²) >= 11 is 1.22. The van der Waals surface area contributed by atoms with Crippen LogP contribution in [0.15, 0.2) is 46.7 Å². The Morgan fingerprint density at radius 2 is 1.26 bits per heavy atom. The van der Waals surface area contributed by atoms with E-state index in [9.17, 15) is 9.59 Å².